The van der Waals surface area contributed by atoms with Crippen molar-refractivity contribution in [2.24, 2.45) is 0 Å². The van der Waals surface area contributed by atoms with Gasteiger partial charge in [-0.3, -0.25) is 9.78 Å². The number of hydrogen-bond acceptors (Lipinski definition) is 4. The third kappa shape index (κ3) is 0.981. The first kappa shape index (κ1) is 7.29. The monoisotopic (exact) mass is 229 g/mol. The zero-order valence-corrected chi connectivity index (χ0v) is 7.37. The second kappa shape index (κ2) is 2.31. The van der Waals surface area contributed by atoms with Crippen molar-refractivity contribution in [1.82, 2.24) is 19.6 Å². The van der Waals surface area contributed by atoms with Crippen LogP contribution in [-0.4, -0.2) is 19.6 Å². The Morgan fingerprint density at radius 2 is 2.42 bits per heavy atom. The van der Waals surface area contributed by atoms with Crippen LogP contribution in [0, 0.1) is 0 Å². The molecule has 2 aromatic rings. The van der Waals surface area contributed by atoms with Crippen molar-refractivity contribution in [1.29, 1.82) is 0 Å². The average Bonchev–Trinajstić information content (AvgIpc) is 2.29. The minimum Gasteiger partial charge on any atom is -0.383 e. The first-order valence-corrected chi connectivity index (χ1v) is 3.87. The van der Waals surface area contributed by atoms with E-state index in [4.69, 9.17) is 5.73 Å². The molecule has 2 heterocycles. The van der Waals surface area contributed by atoms with Gasteiger partial charge in [0.2, 0.25) is 10.5 Å². The van der Waals surface area contributed by atoms with Crippen LogP contribution < -0.4 is 11.3 Å². The van der Waals surface area contributed by atoms with Gasteiger partial charge in [-0.05, 0) is 15.9 Å². The Morgan fingerprint density at radius 3 is 3.17 bits per heavy atom. The Bertz CT molecular complexity index is 486. The van der Waals surface area contributed by atoms with Gasteiger partial charge in [-0.25, -0.2) is 0 Å². The smallest absolute Gasteiger partial charge is 0.254 e. The number of hydrogen-bond donors (Lipinski definition) is 2. The lowest BCUT2D eigenvalue weighted by Crippen LogP contribution is -2.11. The third-order valence-electron chi connectivity index (χ3n) is 1.34. The Kier molecular flexibility index (Phi) is 1.40. The van der Waals surface area contributed by atoms with Gasteiger partial charge < -0.3 is 5.73 Å². The fraction of sp³-hybridized carbons (Fsp3) is 0. The lowest BCUT2D eigenvalue weighted by molar-refractivity contribution is 0.932. The fourth-order valence-electron chi connectivity index (χ4n) is 0.890. The number of anilines is 1. The Morgan fingerprint density at radius 1 is 1.67 bits per heavy atom. The number of aromatic nitrogens is 4. The molecule has 2 aromatic heterocycles. The van der Waals surface area contributed by atoms with E-state index in [1.54, 1.807) is 0 Å². The van der Waals surface area contributed by atoms with Crippen LogP contribution in [0.25, 0.3) is 5.78 Å². The molecule has 0 aliphatic heterocycles. The minimum absolute atomic E-state index is 0.256. The van der Waals surface area contributed by atoms with E-state index in [1.165, 1.54) is 10.6 Å². The van der Waals surface area contributed by atoms with E-state index >= 15 is 0 Å². The lowest BCUT2D eigenvalue weighted by Gasteiger charge is -1.93. The van der Waals surface area contributed by atoms with Crippen LogP contribution in [-0.2, 0) is 0 Å². The number of halogens is 1. The predicted octanol–water partition coefficient (Wildman–Crippen LogP) is -0.238. The Labute approximate surface area is 74.5 Å². The first-order chi connectivity index (χ1) is 5.66. The van der Waals surface area contributed by atoms with Gasteiger partial charge in [0.15, 0.2) is 0 Å². The molecule has 0 fully saturated rings. The Hall–Kier alpha value is -1.37. The largest absolute Gasteiger partial charge is 0.383 e. The van der Waals surface area contributed by atoms with Crippen LogP contribution in [0.4, 0.5) is 5.82 Å². The summed E-state index contributed by atoms with van der Waals surface area (Å²) in [7, 11) is 0. The highest BCUT2D eigenvalue weighted by molar-refractivity contribution is 9.10. The molecule has 0 spiro atoms. The van der Waals surface area contributed by atoms with Crippen molar-refractivity contribution in [2.45, 2.75) is 0 Å². The molecule has 6 nitrogen and oxygen atoms in total. The average molecular weight is 230 g/mol. The SMILES string of the molecule is Nc1cc(=O)[nH]c2nc(Br)nn12. The van der Waals surface area contributed by atoms with E-state index in [-0.39, 0.29) is 11.4 Å². The number of rotatable bonds is 0. The van der Waals surface area contributed by atoms with Crippen LogP contribution >= 0.6 is 15.9 Å². The van der Waals surface area contributed by atoms with Gasteiger partial charge in [-0.2, -0.15) is 9.50 Å². The normalized spacial score (nSPS) is 10.8. The first-order valence-electron chi connectivity index (χ1n) is 3.08. The zero-order valence-electron chi connectivity index (χ0n) is 5.78. The number of nitrogens with one attached hydrogen (secondary N) is 1. The molecule has 62 valence electrons. The molecule has 0 atom stereocenters. The van der Waals surface area contributed by atoms with Crippen LogP contribution in [0.2, 0.25) is 0 Å². The zero-order chi connectivity index (χ0) is 8.72. The second-order valence-corrected chi connectivity index (χ2v) is 2.88. The van der Waals surface area contributed by atoms with Crippen molar-refractivity contribution < 1.29 is 0 Å². The predicted molar refractivity (Wildman–Crippen MR) is 45.7 cm³/mol. The maximum absolute atomic E-state index is 10.9. The molecule has 0 saturated carbocycles. The summed E-state index contributed by atoms with van der Waals surface area (Å²) in [6.45, 7) is 0. The number of fused-ring (bicyclic) bond motifs is 1. The van der Waals surface area contributed by atoms with Crippen molar-refractivity contribution >= 4 is 27.5 Å². The van der Waals surface area contributed by atoms with Gasteiger partial charge in [-0.1, -0.05) is 0 Å². The number of H-pyrrole nitrogens is 1. The minimum atomic E-state index is -0.292. The molecule has 7 heteroatoms. The molecule has 0 aromatic carbocycles. The lowest BCUT2D eigenvalue weighted by atomic mass is 10.6. The molecule has 0 unspecified atom stereocenters. The maximum atomic E-state index is 10.9. The van der Waals surface area contributed by atoms with Gasteiger partial charge in [0.25, 0.3) is 5.56 Å². The standard InChI is InChI=1S/C5H4BrN5O/c6-4-9-5-8-3(12)1-2(7)11(5)10-4/h1H,7H2,(H,8,9,10,12). The highest BCUT2D eigenvalue weighted by Crippen LogP contribution is 2.05. The molecule has 0 amide bonds. The molecule has 2 rings (SSSR count). The summed E-state index contributed by atoms with van der Waals surface area (Å²) in [5, 5.41) is 3.88. The molecule has 12 heavy (non-hydrogen) atoms. The summed E-state index contributed by atoms with van der Waals surface area (Å²) in [6, 6.07) is 1.24. The van der Waals surface area contributed by atoms with Gasteiger partial charge in [0.05, 0.1) is 0 Å². The van der Waals surface area contributed by atoms with Gasteiger partial charge in [-0.15, -0.1) is 5.10 Å². The van der Waals surface area contributed by atoms with E-state index in [9.17, 15) is 4.79 Å². The second-order valence-electron chi connectivity index (χ2n) is 2.17. The van der Waals surface area contributed by atoms with Crippen molar-refractivity contribution in [2.75, 3.05) is 5.73 Å². The van der Waals surface area contributed by atoms with E-state index in [1.807, 2.05) is 0 Å². The topological polar surface area (TPSA) is 89.1 Å². The molecular formula is C5H4BrN5O. The van der Waals surface area contributed by atoms with Gasteiger partial charge in [0.1, 0.15) is 5.82 Å². The summed E-state index contributed by atoms with van der Waals surface area (Å²) in [5.41, 5.74) is 5.20. The molecule has 3 N–H and O–H groups in total. The van der Waals surface area contributed by atoms with E-state index in [2.05, 4.69) is 31.0 Å². The van der Waals surface area contributed by atoms with Crippen molar-refractivity contribution in [3.8, 4) is 0 Å². The molecule has 0 saturated heterocycles. The number of nitrogen functional groups attached to an aromatic ring is 1. The van der Waals surface area contributed by atoms with E-state index in [0.29, 0.717) is 10.5 Å². The van der Waals surface area contributed by atoms with Crippen molar-refractivity contribution in [3.05, 3.63) is 21.2 Å². The summed E-state index contributed by atoms with van der Waals surface area (Å²) >= 11 is 3.06. The molecule has 0 aliphatic rings. The third-order valence-corrected chi connectivity index (χ3v) is 1.68. The summed E-state index contributed by atoms with van der Waals surface area (Å²) in [4.78, 5) is 17.2. The highest BCUT2D eigenvalue weighted by atomic mass is 79.9. The quantitative estimate of drug-likeness (QED) is 0.653. The molecule has 0 aliphatic carbocycles. The van der Waals surface area contributed by atoms with Crippen LogP contribution in [0.3, 0.4) is 0 Å². The molecule has 0 bridgehead atoms. The van der Waals surface area contributed by atoms with Crippen LogP contribution in [0.15, 0.2) is 15.6 Å². The number of nitrogens with two attached hydrogens (primary N) is 1. The number of aromatic amines is 1. The fourth-order valence-corrected chi connectivity index (χ4v) is 1.22. The summed E-state index contributed by atoms with van der Waals surface area (Å²) in [6.07, 6.45) is 0. The van der Waals surface area contributed by atoms with Crippen LogP contribution in [0.1, 0.15) is 0 Å². The van der Waals surface area contributed by atoms with Crippen molar-refractivity contribution in [3.63, 3.8) is 0 Å². The van der Waals surface area contributed by atoms with Gasteiger partial charge >= 0.3 is 0 Å². The molecule has 0 radical (unpaired) electrons. The van der Waals surface area contributed by atoms with Crippen LogP contribution in [0.5, 0.6) is 0 Å². The van der Waals surface area contributed by atoms with Gasteiger partial charge in [0, 0.05) is 6.07 Å². The highest BCUT2D eigenvalue weighted by Gasteiger charge is 2.03. The Balaban J connectivity index is 2.97. The van der Waals surface area contributed by atoms with E-state index in [0.717, 1.165) is 0 Å². The molecular weight excluding hydrogens is 226 g/mol. The summed E-state index contributed by atoms with van der Waals surface area (Å²) < 4.78 is 1.72. The van der Waals surface area contributed by atoms with E-state index < -0.39 is 0 Å². The maximum Gasteiger partial charge on any atom is 0.254 e. The summed E-state index contributed by atoms with van der Waals surface area (Å²) in [5.74, 6) is 0.582. The number of nitrogens with zero attached hydrogens (tertiary/aromatic N) is 3.